The van der Waals surface area contributed by atoms with Gasteiger partial charge in [0.25, 0.3) is 0 Å². The first kappa shape index (κ1) is 16.0. The molecule has 0 saturated carbocycles. The van der Waals surface area contributed by atoms with Gasteiger partial charge in [0.2, 0.25) is 5.91 Å². The summed E-state index contributed by atoms with van der Waals surface area (Å²) in [5.41, 5.74) is 5.69. The van der Waals surface area contributed by atoms with Crippen molar-refractivity contribution in [3.8, 4) is 0 Å². The standard InChI is InChI=1S/C14H22N2O2S/c1-16-14(13(15)18,8-11-19-10-5-9-17)12-6-3-2-4-7-12/h2-4,6-7,16-17H,5,8-11H2,1H3,(H2,15,18). The van der Waals surface area contributed by atoms with Gasteiger partial charge >= 0.3 is 0 Å². The van der Waals surface area contributed by atoms with Gasteiger partial charge in [-0.1, -0.05) is 30.3 Å². The van der Waals surface area contributed by atoms with Crippen molar-refractivity contribution in [1.29, 1.82) is 0 Å². The summed E-state index contributed by atoms with van der Waals surface area (Å²) in [6.07, 6.45) is 1.41. The van der Waals surface area contributed by atoms with Crippen molar-refractivity contribution >= 4 is 17.7 Å². The van der Waals surface area contributed by atoms with Crippen LogP contribution in [-0.4, -0.2) is 36.2 Å². The summed E-state index contributed by atoms with van der Waals surface area (Å²) in [4.78, 5) is 11.9. The molecule has 0 spiro atoms. The fraction of sp³-hybridized carbons (Fsp3) is 0.500. The molecule has 1 unspecified atom stereocenters. The van der Waals surface area contributed by atoms with E-state index in [2.05, 4.69) is 5.32 Å². The number of primary amides is 1. The summed E-state index contributed by atoms with van der Waals surface area (Å²) in [6.45, 7) is 0.207. The number of rotatable bonds is 9. The molecule has 1 amide bonds. The normalized spacial score (nSPS) is 14.0. The summed E-state index contributed by atoms with van der Waals surface area (Å²) in [7, 11) is 1.76. The van der Waals surface area contributed by atoms with Crippen LogP contribution in [0.2, 0.25) is 0 Å². The number of thioether (sulfide) groups is 1. The molecule has 19 heavy (non-hydrogen) atoms. The first-order valence-electron chi connectivity index (χ1n) is 6.40. The minimum atomic E-state index is -0.812. The second-order valence-electron chi connectivity index (χ2n) is 4.33. The maximum absolute atomic E-state index is 11.9. The van der Waals surface area contributed by atoms with Crippen LogP contribution >= 0.6 is 11.8 Å². The largest absolute Gasteiger partial charge is 0.396 e. The van der Waals surface area contributed by atoms with Gasteiger partial charge in [-0.2, -0.15) is 11.8 Å². The van der Waals surface area contributed by atoms with E-state index in [4.69, 9.17) is 10.8 Å². The van der Waals surface area contributed by atoms with Crippen LogP contribution in [0.5, 0.6) is 0 Å². The molecule has 0 aliphatic rings. The molecule has 0 heterocycles. The van der Waals surface area contributed by atoms with E-state index < -0.39 is 5.54 Å². The lowest BCUT2D eigenvalue weighted by Crippen LogP contribution is -2.51. The maximum Gasteiger partial charge on any atom is 0.242 e. The fourth-order valence-corrected chi connectivity index (χ4v) is 3.01. The zero-order valence-electron chi connectivity index (χ0n) is 11.3. The van der Waals surface area contributed by atoms with Gasteiger partial charge in [-0.15, -0.1) is 0 Å². The Hall–Kier alpha value is -1.04. The molecule has 0 bridgehead atoms. The maximum atomic E-state index is 11.9. The molecule has 1 aromatic carbocycles. The highest BCUT2D eigenvalue weighted by Gasteiger charge is 2.36. The quantitative estimate of drug-likeness (QED) is 0.593. The Kier molecular flexibility index (Phi) is 6.91. The predicted octanol–water partition coefficient (Wildman–Crippen LogP) is 1.09. The summed E-state index contributed by atoms with van der Waals surface area (Å²) in [5, 5.41) is 11.8. The summed E-state index contributed by atoms with van der Waals surface area (Å²) < 4.78 is 0. The molecule has 4 N–H and O–H groups in total. The van der Waals surface area contributed by atoms with Gasteiger partial charge < -0.3 is 16.2 Å². The van der Waals surface area contributed by atoms with Gasteiger partial charge in [-0.25, -0.2) is 0 Å². The van der Waals surface area contributed by atoms with E-state index in [1.807, 2.05) is 30.3 Å². The highest BCUT2D eigenvalue weighted by molar-refractivity contribution is 7.99. The number of benzene rings is 1. The van der Waals surface area contributed by atoms with Gasteiger partial charge in [-0.3, -0.25) is 4.79 Å². The van der Waals surface area contributed by atoms with E-state index in [-0.39, 0.29) is 12.5 Å². The number of nitrogens with two attached hydrogens (primary N) is 1. The minimum absolute atomic E-state index is 0.207. The van der Waals surface area contributed by atoms with Gasteiger partial charge in [0.1, 0.15) is 5.54 Å². The molecule has 0 aliphatic carbocycles. The Bertz CT molecular complexity index is 386. The third kappa shape index (κ3) is 4.23. The number of likely N-dealkylation sites (N-methyl/N-ethyl adjacent to an activating group) is 1. The van der Waals surface area contributed by atoms with Crippen LogP contribution in [0.3, 0.4) is 0 Å². The van der Waals surface area contributed by atoms with Gasteiger partial charge in [0, 0.05) is 6.61 Å². The predicted molar refractivity (Wildman–Crippen MR) is 80.0 cm³/mol. The van der Waals surface area contributed by atoms with Crippen molar-refractivity contribution in [2.45, 2.75) is 18.4 Å². The van der Waals surface area contributed by atoms with Crippen molar-refractivity contribution in [3.63, 3.8) is 0 Å². The molecule has 1 atom stereocenters. The first-order valence-corrected chi connectivity index (χ1v) is 7.56. The minimum Gasteiger partial charge on any atom is -0.396 e. The molecule has 106 valence electrons. The van der Waals surface area contributed by atoms with Crippen LogP contribution in [0, 0.1) is 0 Å². The fourth-order valence-electron chi connectivity index (χ4n) is 2.02. The van der Waals surface area contributed by atoms with Gasteiger partial charge in [-0.05, 0) is 37.0 Å². The highest BCUT2D eigenvalue weighted by Crippen LogP contribution is 2.26. The van der Waals surface area contributed by atoms with Gasteiger partial charge in [0.05, 0.1) is 0 Å². The molecule has 0 fully saturated rings. The summed E-state index contributed by atoms with van der Waals surface area (Å²) >= 11 is 1.72. The lowest BCUT2D eigenvalue weighted by molar-refractivity contribution is -0.124. The van der Waals surface area contributed by atoms with Crippen molar-refractivity contribution in [2.24, 2.45) is 5.73 Å². The Balaban J connectivity index is 2.74. The molecule has 0 saturated heterocycles. The highest BCUT2D eigenvalue weighted by atomic mass is 32.2. The second-order valence-corrected chi connectivity index (χ2v) is 5.55. The molecular formula is C14H22N2O2S. The molecule has 0 radical (unpaired) electrons. The van der Waals surface area contributed by atoms with Crippen LogP contribution in [-0.2, 0) is 10.3 Å². The average Bonchev–Trinajstić information content (AvgIpc) is 2.44. The monoisotopic (exact) mass is 282 g/mol. The second kappa shape index (κ2) is 8.19. The number of carbonyl (C=O) groups excluding carboxylic acids is 1. The van der Waals surface area contributed by atoms with Crippen molar-refractivity contribution in [3.05, 3.63) is 35.9 Å². The number of nitrogens with one attached hydrogen (secondary N) is 1. The molecule has 1 aromatic rings. The van der Waals surface area contributed by atoms with Crippen LogP contribution in [0.15, 0.2) is 30.3 Å². The number of aliphatic hydroxyl groups excluding tert-OH is 1. The lowest BCUT2D eigenvalue weighted by atomic mass is 9.86. The molecular weight excluding hydrogens is 260 g/mol. The lowest BCUT2D eigenvalue weighted by Gasteiger charge is -2.30. The molecule has 0 aliphatic heterocycles. The number of hydrogen-bond donors (Lipinski definition) is 3. The zero-order valence-corrected chi connectivity index (χ0v) is 12.1. The number of carbonyl (C=O) groups is 1. The summed E-state index contributed by atoms with van der Waals surface area (Å²) in [6, 6.07) is 9.56. The molecule has 5 heteroatoms. The van der Waals surface area contributed by atoms with E-state index in [0.29, 0.717) is 6.42 Å². The zero-order chi connectivity index (χ0) is 14.1. The number of amides is 1. The van der Waals surface area contributed by atoms with Crippen LogP contribution in [0.4, 0.5) is 0 Å². The van der Waals surface area contributed by atoms with E-state index in [0.717, 1.165) is 23.5 Å². The van der Waals surface area contributed by atoms with E-state index in [1.165, 1.54) is 0 Å². The van der Waals surface area contributed by atoms with Crippen molar-refractivity contribution < 1.29 is 9.90 Å². The molecule has 1 rings (SSSR count). The molecule has 0 aromatic heterocycles. The van der Waals surface area contributed by atoms with Crippen molar-refractivity contribution in [1.82, 2.24) is 5.32 Å². The average molecular weight is 282 g/mol. The number of aliphatic hydroxyl groups is 1. The topological polar surface area (TPSA) is 75.3 Å². The summed E-state index contributed by atoms with van der Waals surface area (Å²) in [5.74, 6) is 1.35. The van der Waals surface area contributed by atoms with Crippen molar-refractivity contribution in [2.75, 3.05) is 25.2 Å². The Morgan fingerprint density at radius 3 is 2.58 bits per heavy atom. The van der Waals surface area contributed by atoms with E-state index >= 15 is 0 Å². The van der Waals surface area contributed by atoms with Crippen LogP contribution < -0.4 is 11.1 Å². The molecule has 4 nitrogen and oxygen atoms in total. The van der Waals surface area contributed by atoms with E-state index in [1.54, 1.807) is 18.8 Å². The van der Waals surface area contributed by atoms with Crippen LogP contribution in [0.1, 0.15) is 18.4 Å². The smallest absolute Gasteiger partial charge is 0.242 e. The third-order valence-electron chi connectivity index (χ3n) is 3.18. The third-order valence-corrected chi connectivity index (χ3v) is 4.25. The Labute approximate surface area is 118 Å². The SMILES string of the molecule is CNC(CCSCCCO)(C(N)=O)c1ccccc1. The van der Waals surface area contributed by atoms with E-state index in [9.17, 15) is 4.79 Å². The van der Waals surface area contributed by atoms with Crippen LogP contribution in [0.25, 0.3) is 0 Å². The Morgan fingerprint density at radius 1 is 1.37 bits per heavy atom. The first-order chi connectivity index (χ1) is 9.17. The van der Waals surface area contributed by atoms with Gasteiger partial charge in [0.15, 0.2) is 0 Å². The Morgan fingerprint density at radius 2 is 2.05 bits per heavy atom. The number of hydrogen-bond acceptors (Lipinski definition) is 4.